The van der Waals surface area contributed by atoms with Crippen LogP contribution in [0.5, 0.6) is 0 Å². The molecule has 94 valence electrons. The topological polar surface area (TPSA) is 42.0 Å². The smallest absolute Gasteiger partial charge is 0.236 e. The minimum Gasteiger partial charge on any atom is -0.301 e. The summed E-state index contributed by atoms with van der Waals surface area (Å²) < 4.78 is 0. The summed E-state index contributed by atoms with van der Waals surface area (Å²) in [5, 5.41) is 5.28. The third-order valence-corrected chi connectivity index (χ3v) is 4.10. The molecule has 0 aliphatic carbocycles. The third-order valence-electron chi connectivity index (χ3n) is 2.43. The third kappa shape index (κ3) is 3.85. The molecule has 1 N–H and O–H groups in total. The van der Waals surface area contributed by atoms with Gasteiger partial charge in [-0.25, -0.2) is 4.98 Å². The van der Waals surface area contributed by atoms with Gasteiger partial charge in [-0.15, -0.1) is 23.1 Å². The number of benzene rings is 1. The zero-order chi connectivity index (χ0) is 12.8. The molecule has 0 radical (unpaired) electrons. The number of anilines is 1. The van der Waals surface area contributed by atoms with Crippen LogP contribution >= 0.6 is 23.1 Å². The normalized spacial score (nSPS) is 10.3. The molecule has 0 fully saturated rings. The average molecular weight is 278 g/mol. The predicted octanol–water partition coefficient (Wildman–Crippen LogP) is 3.32. The van der Waals surface area contributed by atoms with Crippen LogP contribution in [0.15, 0.2) is 35.8 Å². The number of thioether (sulfide) groups is 1. The molecule has 1 aromatic heterocycles. The second-order valence-electron chi connectivity index (χ2n) is 3.80. The fraction of sp³-hybridized carbons (Fsp3) is 0.231. The largest absolute Gasteiger partial charge is 0.301 e. The van der Waals surface area contributed by atoms with Crippen LogP contribution in [0.3, 0.4) is 0 Å². The number of rotatable bonds is 5. The van der Waals surface area contributed by atoms with E-state index in [2.05, 4.69) is 29.4 Å². The van der Waals surface area contributed by atoms with E-state index in [1.54, 1.807) is 18.0 Å². The zero-order valence-electron chi connectivity index (χ0n) is 10.1. The van der Waals surface area contributed by atoms with E-state index in [1.165, 1.54) is 22.5 Å². The molecular weight excluding hydrogens is 264 g/mol. The fourth-order valence-corrected chi connectivity index (χ4v) is 2.91. The summed E-state index contributed by atoms with van der Waals surface area (Å²) in [7, 11) is 0. The Kier molecular flexibility index (Phi) is 4.78. The Morgan fingerprint density at radius 1 is 1.44 bits per heavy atom. The first-order valence-corrected chi connectivity index (χ1v) is 7.61. The lowest BCUT2D eigenvalue weighted by Crippen LogP contribution is -2.13. The number of hydrogen-bond acceptors (Lipinski definition) is 4. The lowest BCUT2D eigenvalue weighted by atomic mass is 10.1. The number of nitrogens with zero attached hydrogens (tertiary/aromatic N) is 1. The van der Waals surface area contributed by atoms with Gasteiger partial charge in [0.1, 0.15) is 0 Å². The van der Waals surface area contributed by atoms with Crippen molar-refractivity contribution in [2.75, 3.05) is 11.1 Å². The minimum atomic E-state index is 0.00327. The molecule has 0 bridgehead atoms. The Balaban J connectivity index is 1.75. The number of carbonyl (C=O) groups is 1. The van der Waals surface area contributed by atoms with Gasteiger partial charge in [-0.1, -0.05) is 24.3 Å². The van der Waals surface area contributed by atoms with Crippen LogP contribution in [0, 0.1) is 6.92 Å². The van der Waals surface area contributed by atoms with Gasteiger partial charge in [0.2, 0.25) is 5.91 Å². The monoisotopic (exact) mass is 278 g/mol. The Morgan fingerprint density at radius 2 is 2.28 bits per heavy atom. The van der Waals surface area contributed by atoms with Gasteiger partial charge in [-0.3, -0.25) is 4.79 Å². The maximum Gasteiger partial charge on any atom is 0.236 e. The summed E-state index contributed by atoms with van der Waals surface area (Å²) in [6, 6.07) is 8.24. The van der Waals surface area contributed by atoms with Crippen LogP contribution in [0.1, 0.15) is 11.1 Å². The van der Waals surface area contributed by atoms with Gasteiger partial charge in [-0.2, -0.15) is 0 Å². The zero-order valence-corrected chi connectivity index (χ0v) is 11.7. The molecular formula is C13H14N2OS2. The standard InChI is InChI=1S/C13H14N2OS2/c1-10-4-2-3-5-11(10)8-17-9-12(16)15-13-14-6-7-18-13/h2-7H,8-9H2,1H3,(H,14,15,16). The number of hydrogen-bond donors (Lipinski definition) is 1. The molecule has 0 unspecified atom stereocenters. The molecule has 0 saturated heterocycles. The maximum absolute atomic E-state index is 11.6. The summed E-state index contributed by atoms with van der Waals surface area (Å²) in [4.78, 5) is 15.6. The van der Waals surface area contributed by atoms with Crippen molar-refractivity contribution in [2.24, 2.45) is 0 Å². The highest BCUT2D eigenvalue weighted by atomic mass is 32.2. The van der Waals surface area contributed by atoms with Gasteiger partial charge in [0.15, 0.2) is 5.13 Å². The quantitative estimate of drug-likeness (QED) is 0.912. The molecule has 0 saturated carbocycles. The Bertz CT molecular complexity index is 511. The molecule has 1 aromatic carbocycles. The average Bonchev–Trinajstić information content (AvgIpc) is 2.84. The molecule has 0 spiro atoms. The highest BCUT2D eigenvalue weighted by Crippen LogP contribution is 2.16. The number of amides is 1. The van der Waals surface area contributed by atoms with E-state index in [-0.39, 0.29) is 5.91 Å². The summed E-state index contributed by atoms with van der Waals surface area (Å²) >= 11 is 3.05. The lowest BCUT2D eigenvalue weighted by Gasteiger charge is -2.05. The van der Waals surface area contributed by atoms with Gasteiger partial charge in [0.25, 0.3) is 0 Å². The first-order valence-electron chi connectivity index (χ1n) is 5.57. The van der Waals surface area contributed by atoms with Gasteiger partial charge in [0.05, 0.1) is 5.75 Å². The highest BCUT2D eigenvalue weighted by Gasteiger charge is 2.05. The Labute approximate surface area is 115 Å². The van der Waals surface area contributed by atoms with E-state index in [0.717, 1.165) is 5.75 Å². The summed E-state index contributed by atoms with van der Waals surface area (Å²) in [6.45, 7) is 2.09. The molecule has 3 nitrogen and oxygen atoms in total. The fourth-order valence-electron chi connectivity index (χ4n) is 1.47. The van der Waals surface area contributed by atoms with Gasteiger partial charge >= 0.3 is 0 Å². The van der Waals surface area contributed by atoms with E-state index in [0.29, 0.717) is 10.9 Å². The van der Waals surface area contributed by atoms with Crippen LogP contribution in [0.2, 0.25) is 0 Å². The van der Waals surface area contributed by atoms with E-state index in [4.69, 9.17) is 0 Å². The van der Waals surface area contributed by atoms with Gasteiger partial charge in [-0.05, 0) is 18.1 Å². The van der Waals surface area contributed by atoms with E-state index in [9.17, 15) is 4.79 Å². The molecule has 1 amide bonds. The van der Waals surface area contributed by atoms with E-state index >= 15 is 0 Å². The van der Waals surface area contributed by atoms with Crippen LogP contribution < -0.4 is 5.32 Å². The van der Waals surface area contributed by atoms with Crippen molar-refractivity contribution in [2.45, 2.75) is 12.7 Å². The van der Waals surface area contributed by atoms with Crippen molar-refractivity contribution in [3.63, 3.8) is 0 Å². The molecule has 2 rings (SSSR count). The second kappa shape index (κ2) is 6.56. The predicted molar refractivity (Wildman–Crippen MR) is 78.1 cm³/mol. The summed E-state index contributed by atoms with van der Waals surface area (Å²) in [5.41, 5.74) is 2.55. The maximum atomic E-state index is 11.6. The lowest BCUT2D eigenvalue weighted by molar-refractivity contribution is -0.113. The summed E-state index contributed by atoms with van der Waals surface area (Å²) in [6.07, 6.45) is 1.68. The van der Waals surface area contributed by atoms with Gasteiger partial charge < -0.3 is 5.32 Å². The van der Waals surface area contributed by atoms with Gasteiger partial charge in [0, 0.05) is 17.3 Å². The van der Waals surface area contributed by atoms with Crippen molar-refractivity contribution in [3.8, 4) is 0 Å². The van der Waals surface area contributed by atoms with Crippen molar-refractivity contribution in [1.82, 2.24) is 4.98 Å². The van der Waals surface area contributed by atoms with Crippen LogP contribution in [0.4, 0.5) is 5.13 Å². The highest BCUT2D eigenvalue weighted by molar-refractivity contribution is 7.99. The van der Waals surface area contributed by atoms with Crippen molar-refractivity contribution in [1.29, 1.82) is 0 Å². The summed E-state index contributed by atoms with van der Waals surface area (Å²) in [5.74, 6) is 1.31. The van der Waals surface area contributed by atoms with Crippen molar-refractivity contribution < 1.29 is 4.79 Å². The van der Waals surface area contributed by atoms with E-state index < -0.39 is 0 Å². The SMILES string of the molecule is Cc1ccccc1CSCC(=O)Nc1nccs1. The number of carbonyl (C=O) groups excluding carboxylic acids is 1. The number of aromatic nitrogens is 1. The van der Waals surface area contributed by atoms with Crippen LogP contribution in [-0.4, -0.2) is 16.6 Å². The molecule has 2 aromatic rings. The second-order valence-corrected chi connectivity index (χ2v) is 5.68. The Hall–Kier alpha value is -1.33. The molecule has 0 aliphatic heterocycles. The Morgan fingerprint density at radius 3 is 3.00 bits per heavy atom. The molecule has 1 heterocycles. The van der Waals surface area contributed by atoms with E-state index in [1.807, 2.05) is 17.5 Å². The van der Waals surface area contributed by atoms with Crippen molar-refractivity contribution >= 4 is 34.1 Å². The van der Waals surface area contributed by atoms with Crippen LogP contribution in [-0.2, 0) is 10.5 Å². The number of aryl methyl sites for hydroxylation is 1. The van der Waals surface area contributed by atoms with Crippen LogP contribution in [0.25, 0.3) is 0 Å². The minimum absolute atomic E-state index is 0.00327. The molecule has 18 heavy (non-hydrogen) atoms. The molecule has 0 atom stereocenters. The first kappa shape index (κ1) is 13.1. The van der Waals surface area contributed by atoms with Crippen molar-refractivity contribution in [3.05, 3.63) is 47.0 Å². The number of nitrogens with one attached hydrogen (secondary N) is 1. The number of thiazole rings is 1. The molecule has 0 aliphatic rings. The first-order chi connectivity index (χ1) is 8.75. The molecule has 5 heteroatoms.